The first kappa shape index (κ1) is 7.06. The van der Waals surface area contributed by atoms with Crippen LogP contribution in [0.15, 0.2) is 0 Å². The van der Waals surface area contributed by atoms with Gasteiger partial charge in [-0.25, -0.2) is 0 Å². The third kappa shape index (κ3) is 1.23. The molecule has 4 nitrogen and oxygen atoms in total. The Labute approximate surface area is 65.7 Å². The van der Waals surface area contributed by atoms with Crippen molar-refractivity contribution in [2.75, 3.05) is 19.6 Å². The minimum Gasteiger partial charge on any atom is -0.336 e. The van der Waals surface area contributed by atoms with Crippen molar-refractivity contribution in [3.05, 3.63) is 0 Å². The molecule has 4 heteroatoms. The molecule has 2 rings (SSSR count). The maximum atomic E-state index is 10.9. The second-order valence-electron chi connectivity index (χ2n) is 3.26. The van der Waals surface area contributed by atoms with Gasteiger partial charge >= 0.3 is 0 Å². The summed E-state index contributed by atoms with van der Waals surface area (Å²) in [5.41, 5.74) is -0.116. The van der Waals surface area contributed by atoms with Gasteiger partial charge in [-0.2, -0.15) is 0 Å². The predicted octanol–water partition coefficient (Wildman–Crippen LogP) is -1.21. The zero-order valence-corrected chi connectivity index (χ0v) is 6.44. The fourth-order valence-corrected chi connectivity index (χ4v) is 1.77. The van der Waals surface area contributed by atoms with Gasteiger partial charge in [-0.15, -0.1) is 0 Å². The van der Waals surface area contributed by atoms with Crippen LogP contribution in [0.2, 0.25) is 0 Å². The van der Waals surface area contributed by atoms with Crippen molar-refractivity contribution in [3.63, 3.8) is 0 Å². The van der Waals surface area contributed by atoms with Gasteiger partial charge in [0, 0.05) is 6.54 Å². The van der Waals surface area contributed by atoms with Gasteiger partial charge in [0.1, 0.15) is 5.66 Å². The van der Waals surface area contributed by atoms with Crippen molar-refractivity contribution in [3.8, 4) is 0 Å². The van der Waals surface area contributed by atoms with E-state index in [1.165, 1.54) is 0 Å². The third-order valence-corrected chi connectivity index (χ3v) is 2.35. The van der Waals surface area contributed by atoms with Gasteiger partial charge in [-0.3, -0.25) is 10.1 Å². The Balaban J connectivity index is 2.03. The zero-order valence-electron chi connectivity index (χ0n) is 6.44. The highest BCUT2D eigenvalue weighted by molar-refractivity contribution is 5.81. The normalized spacial score (nSPS) is 37.6. The average molecular weight is 155 g/mol. The molecule has 2 saturated heterocycles. The zero-order chi connectivity index (χ0) is 7.73. The molecule has 2 aliphatic rings. The summed E-state index contributed by atoms with van der Waals surface area (Å²) >= 11 is 0. The second-order valence-corrected chi connectivity index (χ2v) is 3.26. The van der Waals surface area contributed by atoms with Crippen LogP contribution in [0.3, 0.4) is 0 Å². The van der Waals surface area contributed by atoms with E-state index >= 15 is 0 Å². The second kappa shape index (κ2) is 2.46. The van der Waals surface area contributed by atoms with Crippen molar-refractivity contribution < 1.29 is 4.79 Å². The maximum absolute atomic E-state index is 10.9. The number of nitrogens with one attached hydrogen (secondary N) is 3. The lowest BCUT2D eigenvalue weighted by Crippen LogP contribution is -2.59. The first-order valence-corrected chi connectivity index (χ1v) is 4.08. The molecule has 0 bridgehead atoms. The molecule has 3 N–H and O–H groups in total. The van der Waals surface area contributed by atoms with E-state index in [1.807, 2.05) is 0 Å². The monoisotopic (exact) mass is 155 g/mol. The predicted molar refractivity (Wildman–Crippen MR) is 41.0 cm³/mol. The number of carbonyl (C=O) groups excluding carboxylic acids is 1. The van der Waals surface area contributed by atoms with Crippen molar-refractivity contribution in [1.82, 2.24) is 16.0 Å². The van der Waals surface area contributed by atoms with Gasteiger partial charge in [0.2, 0.25) is 5.91 Å². The third-order valence-electron chi connectivity index (χ3n) is 2.35. The van der Waals surface area contributed by atoms with Crippen molar-refractivity contribution in [1.29, 1.82) is 0 Å². The Kier molecular flexibility index (Phi) is 1.58. The van der Waals surface area contributed by atoms with Crippen LogP contribution in [0.4, 0.5) is 0 Å². The lowest BCUT2D eigenvalue weighted by atomic mass is 10.0. The summed E-state index contributed by atoms with van der Waals surface area (Å²) in [6.07, 6.45) is 2.18. The highest BCUT2D eigenvalue weighted by atomic mass is 16.2. The molecular formula is C7H13N3O. The number of hydrogen-bond donors (Lipinski definition) is 3. The molecule has 1 atom stereocenters. The van der Waals surface area contributed by atoms with Crippen LogP contribution in [0.25, 0.3) is 0 Å². The number of carbonyl (C=O) groups is 1. The molecule has 11 heavy (non-hydrogen) atoms. The molecule has 2 aliphatic heterocycles. The van der Waals surface area contributed by atoms with Crippen LogP contribution in [-0.2, 0) is 4.79 Å². The number of piperidine rings is 1. The highest BCUT2D eigenvalue weighted by Crippen LogP contribution is 2.15. The van der Waals surface area contributed by atoms with Crippen LogP contribution in [0.5, 0.6) is 0 Å². The summed E-state index contributed by atoms with van der Waals surface area (Å²) < 4.78 is 0. The molecule has 2 heterocycles. The molecule has 1 spiro atoms. The van der Waals surface area contributed by atoms with Gasteiger partial charge in [0.05, 0.1) is 6.54 Å². The van der Waals surface area contributed by atoms with Crippen LogP contribution >= 0.6 is 0 Å². The maximum Gasteiger partial charge on any atom is 0.235 e. The first-order valence-electron chi connectivity index (χ1n) is 4.08. The van der Waals surface area contributed by atoms with E-state index < -0.39 is 0 Å². The molecule has 0 aliphatic carbocycles. The number of amides is 1. The fourth-order valence-electron chi connectivity index (χ4n) is 1.77. The van der Waals surface area contributed by atoms with Crippen LogP contribution in [-0.4, -0.2) is 31.2 Å². The highest BCUT2D eigenvalue weighted by Gasteiger charge is 2.37. The van der Waals surface area contributed by atoms with Gasteiger partial charge in [-0.1, -0.05) is 0 Å². The average Bonchev–Trinajstić information content (AvgIpc) is 2.34. The van der Waals surface area contributed by atoms with E-state index in [-0.39, 0.29) is 11.6 Å². The van der Waals surface area contributed by atoms with Crippen LogP contribution < -0.4 is 16.0 Å². The molecule has 62 valence electrons. The van der Waals surface area contributed by atoms with E-state index in [1.54, 1.807) is 0 Å². The standard InChI is InChI=1S/C7H13N3O/c11-6-4-9-7(10-6)2-1-3-8-5-7/h8-9H,1-5H2,(H,10,11). The molecule has 0 radical (unpaired) electrons. The summed E-state index contributed by atoms with van der Waals surface area (Å²) in [6, 6.07) is 0. The Morgan fingerprint density at radius 2 is 2.36 bits per heavy atom. The molecule has 0 aromatic rings. The van der Waals surface area contributed by atoms with E-state index in [0.29, 0.717) is 6.54 Å². The quantitative estimate of drug-likeness (QED) is 0.411. The summed E-state index contributed by atoms with van der Waals surface area (Å²) in [7, 11) is 0. The molecule has 0 aromatic heterocycles. The minimum atomic E-state index is -0.116. The Bertz CT molecular complexity index is 175. The Hall–Kier alpha value is -0.610. The fraction of sp³-hybridized carbons (Fsp3) is 0.857. The van der Waals surface area contributed by atoms with Gasteiger partial charge in [0.25, 0.3) is 0 Å². The Morgan fingerprint density at radius 3 is 2.91 bits per heavy atom. The van der Waals surface area contributed by atoms with Gasteiger partial charge in [-0.05, 0) is 19.4 Å². The lowest BCUT2D eigenvalue weighted by Gasteiger charge is -2.33. The Morgan fingerprint density at radius 1 is 1.45 bits per heavy atom. The van der Waals surface area contributed by atoms with Crippen molar-refractivity contribution in [2.24, 2.45) is 0 Å². The molecule has 1 amide bonds. The van der Waals surface area contributed by atoms with Crippen molar-refractivity contribution >= 4 is 5.91 Å². The SMILES string of the molecule is O=C1CNC2(CCCNC2)N1. The van der Waals surface area contributed by atoms with E-state index in [9.17, 15) is 4.79 Å². The number of rotatable bonds is 0. The largest absolute Gasteiger partial charge is 0.336 e. The minimum absolute atomic E-state index is 0.116. The summed E-state index contributed by atoms with van der Waals surface area (Å²) in [6.45, 7) is 2.40. The lowest BCUT2D eigenvalue weighted by molar-refractivity contribution is -0.118. The summed E-state index contributed by atoms with van der Waals surface area (Å²) in [5, 5.41) is 9.42. The van der Waals surface area contributed by atoms with E-state index in [4.69, 9.17) is 0 Å². The van der Waals surface area contributed by atoms with Gasteiger partial charge < -0.3 is 10.6 Å². The van der Waals surface area contributed by atoms with Crippen LogP contribution in [0, 0.1) is 0 Å². The molecule has 2 fully saturated rings. The van der Waals surface area contributed by atoms with E-state index in [2.05, 4.69) is 16.0 Å². The molecule has 0 aromatic carbocycles. The van der Waals surface area contributed by atoms with Crippen molar-refractivity contribution in [2.45, 2.75) is 18.5 Å². The topological polar surface area (TPSA) is 53.2 Å². The first-order chi connectivity index (χ1) is 5.31. The van der Waals surface area contributed by atoms with Crippen LogP contribution in [0.1, 0.15) is 12.8 Å². The smallest absolute Gasteiger partial charge is 0.235 e. The molecule has 0 saturated carbocycles. The molecular weight excluding hydrogens is 142 g/mol. The summed E-state index contributed by atoms with van der Waals surface area (Å²) in [4.78, 5) is 10.9. The van der Waals surface area contributed by atoms with Gasteiger partial charge in [0.15, 0.2) is 0 Å². The molecule has 1 unspecified atom stereocenters. The summed E-state index contributed by atoms with van der Waals surface area (Å²) in [5.74, 6) is 0.119. The van der Waals surface area contributed by atoms with E-state index in [0.717, 1.165) is 25.9 Å². The number of hydrogen-bond acceptors (Lipinski definition) is 3.